The molecule has 1 unspecified atom stereocenters. The van der Waals surface area contributed by atoms with Crippen molar-refractivity contribution in [2.24, 2.45) is 5.73 Å². The normalized spacial score (nSPS) is 11.9. The number of hydrogen-bond donors (Lipinski definition) is 2. The Kier molecular flexibility index (Phi) is 4.34. The fourth-order valence-corrected chi connectivity index (χ4v) is 2.15. The Labute approximate surface area is 122 Å². The standard InChI is InChI=1S/C14H11BrF2N2O/c15-11-6-8(4-5-12(11)17)13(14(18)20)19-10-3-1-2-9(16)7-10/h1-7,13,19H,(H2,18,20). The van der Waals surface area contributed by atoms with E-state index in [9.17, 15) is 13.6 Å². The number of halogens is 3. The van der Waals surface area contributed by atoms with Crippen molar-refractivity contribution in [2.75, 3.05) is 5.32 Å². The van der Waals surface area contributed by atoms with Gasteiger partial charge in [-0.1, -0.05) is 12.1 Å². The van der Waals surface area contributed by atoms with Gasteiger partial charge in [0, 0.05) is 5.69 Å². The lowest BCUT2D eigenvalue weighted by atomic mass is 10.1. The van der Waals surface area contributed by atoms with Crippen LogP contribution in [0.2, 0.25) is 0 Å². The molecule has 1 atom stereocenters. The van der Waals surface area contributed by atoms with Gasteiger partial charge in [0.15, 0.2) is 0 Å². The van der Waals surface area contributed by atoms with Gasteiger partial charge in [-0.3, -0.25) is 4.79 Å². The maximum Gasteiger partial charge on any atom is 0.244 e. The molecule has 6 heteroatoms. The summed E-state index contributed by atoms with van der Waals surface area (Å²) in [6.07, 6.45) is 0. The number of rotatable bonds is 4. The molecule has 0 spiro atoms. The zero-order chi connectivity index (χ0) is 14.7. The molecule has 104 valence electrons. The summed E-state index contributed by atoms with van der Waals surface area (Å²) in [5.74, 6) is -1.52. The Hall–Kier alpha value is -1.95. The average Bonchev–Trinajstić information content (AvgIpc) is 2.39. The lowest BCUT2D eigenvalue weighted by Crippen LogP contribution is -2.27. The second-order valence-corrected chi connectivity index (χ2v) is 5.02. The van der Waals surface area contributed by atoms with Crippen molar-refractivity contribution in [3.63, 3.8) is 0 Å². The highest BCUT2D eigenvalue weighted by molar-refractivity contribution is 9.10. The minimum absolute atomic E-state index is 0.224. The summed E-state index contributed by atoms with van der Waals surface area (Å²) in [4.78, 5) is 11.5. The molecule has 0 aliphatic rings. The van der Waals surface area contributed by atoms with Gasteiger partial charge >= 0.3 is 0 Å². The van der Waals surface area contributed by atoms with E-state index >= 15 is 0 Å². The number of amides is 1. The quantitative estimate of drug-likeness (QED) is 0.896. The molecule has 0 saturated carbocycles. The number of nitrogens with one attached hydrogen (secondary N) is 1. The van der Waals surface area contributed by atoms with Crippen LogP contribution in [0.15, 0.2) is 46.9 Å². The number of carbonyl (C=O) groups excluding carboxylic acids is 1. The average molecular weight is 341 g/mol. The summed E-state index contributed by atoms with van der Waals surface area (Å²) in [6, 6.07) is 8.90. The summed E-state index contributed by atoms with van der Waals surface area (Å²) in [7, 11) is 0. The molecule has 3 N–H and O–H groups in total. The van der Waals surface area contributed by atoms with Crippen LogP contribution in [-0.4, -0.2) is 5.91 Å². The maximum absolute atomic E-state index is 13.2. The molecule has 1 amide bonds. The Morgan fingerprint density at radius 3 is 2.55 bits per heavy atom. The highest BCUT2D eigenvalue weighted by Gasteiger charge is 2.18. The van der Waals surface area contributed by atoms with Crippen molar-refractivity contribution in [3.8, 4) is 0 Å². The van der Waals surface area contributed by atoms with E-state index in [1.54, 1.807) is 6.07 Å². The Balaban J connectivity index is 2.32. The largest absolute Gasteiger partial charge is 0.370 e. The first kappa shape index (κ1) is 14.5. The lowest BCUT2D eigenvalue weighted by molar-refractivity contribution is -0.118. The Morgan fingerprint density at radius 1 is 1.20 bits per heavy atom. The molecule has 20 heavy (non-hydrogen) atoms. The van der Waals surface area contributed by atoms with Crippen molar-refractivity contribution in [1.82, 2.24) is 0 Å². The van der Waals surface area contributed by atoms with Crippen LogP contribution in [0.3, 0.4) is 0 Å². The van der Waals surface area contributed by atoms with Crippen LogP contribution in [-0.2, 0) is 4.79 Å². The second kappa shape index (κ2) is 6.00. The lowest BCUT2D eigenvalue weighted by Gasteiger charge is -2.17. The van der Waals surface area contributed by atoms with Gasteiger partial charge in [-0.15, -0.1) is 0 Å². The number of carbonyl (C=O) groups is 1. The Morgan fingerprint density at radius 2 is 1.95 bits per heavy atom. The molecule has 0 saturated heterocycles. The van der Waals surface area contributed by atoms with E-state index in [0.717, 1.165) is 0 Å². The first-order valence-corrected chi connectivity index (χ1v) is 6.53. The van der Waals surface area contributed by atoms with Gasteiger partial charge in [0.25, 0.3) is 0 Å². The van der Waals surface area contributed by atoms with E-state index in [2.05, 4.69) is 21.2 Å². The molecular weight excluding hydrogens is 330 g/mol. The third-order valence-corrected chi connectivity index (χ3v) is 3.30. The molecule has 0 radical (unpaired) electrons. The third-order valence-electron chi connectivity index (χ3n) is 2.70. The number of nitrogens with two attached hydrogens (primary N) is 1. The number of primary amides is 1. The van der Waals surface area contributed by atoms with Gasteiger partial charge in [0.1, 0.15) is 17.7 Å². The van der Waals surface area contributed by atoms with Gasteiger partial charge < -0.3 is 11.1 Å². The SMILES string of the molecule is NC(=O)C(Nc1cccc(F)c1)c1ccc(F)c(Br)c1. The zero-order valence-electron chi connectivity index (χ0n) is 10.2. The fraction of sp³-hybridized carbons (Fsp3) is 0.0714. The van der Waals surface area contributed by atoms with E-state index in [1.165, 1.54) is 36.4 Å². The number of anilines is 1. The highest BCUT2D eigenvalue weighted by Crippen LogP contribution is 2.24. The predicted octanol–water partition coefficient (Wildman–Crippen LogP) is 3.37. The van der Waals surface area contributed by atoms with Crippen LogP contribution in [0, 0.1) is 11.6 Å². The van der Waals surface area contributed by atoms with E-state index in [1.807, 2.05) is 0 Å². The molecule has 0 fully saturated rings. The summed E-state index contributed by atoms with van der Waals surface area (Å²) < 4.78 is 26.6. The molecular formula is C14H11BrF2N2O. The van der Waals surface area contributed by atoms with Crippen LogP contribution < -0.4 is 11.1 Å². The molecule has 0 heterocycles. The van der Waals surface area contributed by atoms with Crippen LogP contribution >= 0.6 is 15.9 Å². The summed E-state index contributed by atoms with van der Waals surface area (Å²) in [5, 5.41) is 2.82. The third kappa shape index (κ3) is 3.33. The van der Waals surface area contributed by atoms with E-state index in [4.69, 9.17) is 5.73 Å². The van der Waals surface area contributed by atoms with Crippen LogP contribution in [0.1, 0.15) is 11.6 Å². The molecule has 2 aromatic carbocycles. The van der Waals surface area contributed by atoms with Crippen molar-refractivity contribution in [3.05, 3.63) is 64.1 Å². The van der Waals surface area contributed by atoms with Crippen LogP contribution in [0.5, 0.6) is 0 Å². The first-order valence-electron chi connectivity index (χ1n) is 5.74. The molecule has 0 aliphatic carbocycles. The van der Waals surface area contributed by atoms with Crippen molar-refractivity contribution < 1.29 is 13.6 Å². The Bertz CT molecular complexity index is 649. The minimum Gasteiger partial charge on any atom is -0.370 e. The van der Waals surface area contributed by atoms with Gasteiger partial charge in [0.05, 0.1) is 4.47 Å². The first-order chi connectivity index (χ1) is 9.47. The number of benzene rings is 2. The van der Waals surface area contributed by atoms with Gasteiger partial charge in [-0.25, -0.2) is 8.78 Å². The zero-order valence-corrected chi connectivity index (χ0v) is 11.8. The van der Waals surface area contributed by atoms with Gasteiger partial charge in [0.2, 0.25) is 5.91 Å². The monoisotopic (exact) mass is 340 g/mol. The molecule has 2 rings (SSSR count). The number of hydrogen-bond acceptors (Lipinski definition) is 2. The molecule has 0 aliphatic heterocycles. The smallest absolute Gasteiger partial charge is 0.244 e. The maximum atomic E-state index is 13.2. The summed E-state index contributed by atoms with van der Waals surface area (Å²) in [6.45, 7) is 0. The van der Waals surface area contributed by atoms with E-state index < -0.39 is 23.6 Å². The fourth-order valence-electron chi connectivity index (χ4n) is 1.76. The predicted molar refractivity (Wildman–Crippen MR) is 76.1 cm³/mol. The molecule has 0 aromatic heterocycles. The van der Waals surface area contributed by atoms with Crippen molar-refractivity contribution in [2.45, 2.75) is 6.04 Å². The van der Waals surface area contributed by atoms with Gasteiger partial charge in [-0.2, -0.15) is 0 Å². The van der Waals surface area contributed by atoms with E-state index in [-0.39, 0.29) is 4.47 Å². The van der Waals surface area contributed by atoms with Crippen LogP contribution in [0.25, 0.3) is 0 Å². The van der Waals surface area contributed by atoms with Crippen LogP contribution in [0.4, 0.5) is 14.5 Å². The van der Waals surface area contributed by atoms with Crippen molar-refractivity contribution in [1.29, 1.82) is 0 Å². The highest BCUT2D eigenvalue weighted by atomic mass is 79.9. The molecule has 0 bridgehead atoms. The topological polar surface area (TPSA) is 55.1 Å². The van der Waals surface area contributed by atoms with E-state index in [0.29, 0.717) is 11.3 Å². The molecule has 3 nitrogen and oxygen atoms in total. The minimum atomic E-state index is -0.881. The van der Waals surface area contributed by atoms with Gasteiger partial charge in [-0.05, 0) is 51.8 Å². The molecule has 2 aromatic rings. The van der Waals surface area contributed by atoms with Crippen molar-refractivity contribution >= 4 is 27.5 Å². The second-order valence-electron chi connectivity index (χ2n) is 4.16. The summed E-state index contributed by atoms with van der Waals surface area (Å²) in [5.41, 5.74) is 6.23. The summed E-state index contributed by atoms with van der Waals surface area (Å²) >= 11 is 3.05.